The summed E-state index contributed by atoms with van der Waals surface area (Å²) in [5.41, 5.74) is 2.44. The molecule has 1 fully saturated rings. The lowest BCUT2D eigenvalue weighted by Crippen LogP contribution is -2.47. The van der Waals surface area contributed by atoms with Crippen LogP contribution < -0.4 is 16.2 Å². The summed E-state index contributed by atoms with van der Waals surface area (Å²) in [6.45, 7) is -0.600. The molecule has 0 radical (unpaired) electrons. The summed E-state index contributed by atoms with van der Waals surface area (Å²) in [7, 11) is 0.968. The molecule has 3 rings (SSSR count). The van der Waals surface area contributed by atoms with Crippen molar-refractivity contribution in [3.8, 4) is 5.88 Å². The molecule has 5 atom stereocenters. The molecular weight excluding hydrogens is 531 g/mol. The molecule has 206 valence electrons. The molecule has 3 heterocycles. The third kappa shape index (κ3) is 5.54. The summed E-state index contributed by atoms with van der Waals surface area (Å²) in [6.07, 6.45) is -23.9. The van der Waals surface area contributed by atoms with Gasteiger partial charge in [0.15, 0.2) is 29.7 Å². The highest BCUT2D eigenvalue weighted by Crippen LogP contribution is 2.41. The van der Waals surface area contributed by atoms with Gasteiger partial charge in [-0.05, 0) is 0 Å². The SMILES string of the molecule is COc1nc(N)nc2c1n(CC(F)(F)F)c(=O)n2[C@@H]1O[C@H]([C@@H](OC(C)=O)C(F)(F)F)[C@H](F)[C@H]1OC(C)=O. The van der Waals surface area contributed by atoms with Gasteiger partial charge in [0, 0.05) is 13.8 Å². The number of methoxy groups -OCH3 is 1. The number of nitrogens with two attached hydrogens (primary N) is 1. The molecule has 1 aliphatic heterocycles. The van der Waals surface area contributed by atoms with Crippen LogP contribution in [0.15, 0.2) is 4.79 Å². The fourth-order valence-corrected chi connectivity index (χ4v) is 3.77. The number of alkyl halides is 7. The Hall–Kier alpha value is -3.64. The first kappa shape index (κ1) is 27.9. The molecule has 0 amide bonds. The summed E-state index contributed by atoms with van der Waals surface area (Å²) in [6, 6.07) is 0. The molecule has 0 bridgehead atoms. The quantitative estimate of drug-likeness (QED) is 0.414. The molecule has 0 aromatic carbocycles. The molecule has 1 saturated heterocycles. The largest absolute Gasteiger partial charge is 0.479 e. The smallest absolute Gasteiger partial charge is 0.428 e. The van der Waals surface area contributed by atoms with Gasteiger partial charge in [0.05, 0.1) is 7.11 Å². The van der Waals surface area contributed by atoms with E-state index in [0.717, 1.165) is 14.0 Å². The van der Waals surface area contributed by atoms with E-state index in [9.17, 15) is 40.7 Å². The third-order valence-corrected chi connectivity index (χ3v) is 4.99. The Balaban J connectivity index is 2.29. The second kappa shape index (κ2) is 9.67. The fourth-order valence-electron chi connectivity index (χ4n) is 3.77. The van der Waals surface area contributed by atoms with Crippen molar-refractivity contribution in [1.29, 1.82) is 0 Å². The van der Waals surface area contributed by atoms with Crippen LogP contribution in [0, 0.1) is 0 Å². The number of anilines is 1. The molecule has 0 unspecified atom stereocenters. The lowest BCUT2D eigenvalue weighted by molar-refractivity contribution is -0.252. The van der Waals surface area contributed by atoms with Gasteiger partial charge in [0.2, 0.25) is 17.9 Å². The minimum absolute atomic E-state index is 0.0513. The number of aromatic nitrogens is 4. The topological polar surface area (TPSA) is 150 Å². The van der Waals surface area contributed by atoms with Gasteiger partial charge in [-0.2, -0.15) is 36.3 Å². The molecule has 0 saturated carbocycles. The van der Waals surface area contributed by atoms with Gasteiger partial charge in [0.25, 0.3) is 0 Å². The maximum Gasteiger partial charge on any atom is 0.428 e. The van der Waals surface area contributed by atoms with E-state index in [1.165, 1.54) is 0 Å². The van der Waals surface area contributed by atoms with Crippen LogP contribution in [-0.4, -0.2) is 75.0 Å². The lowest BCUT2D eigenvalue weighted by Gasteiger charge is -2.26. The van der Waals surface area contributed by atoms with Crippen molar-refractivity contribution in [3.05, 3.63) is 10.5 Å². The summed E-state index contributed by atoms with van der Waals surface area (Å²) < 4.78 is 115. The second-order valence-electron chi connectivity index (χ2n) is 7.70. The highest BCUT2D eigenvalue weighted by atomic mass is 19.4. The normalized spacial score (nSPS) is 23.2. The van der Waals surface area contributed by atoms with Crippen molar-refractivity contribution in [2.24, 2.45) is 0 Å². The number of fused-ring (bicyclic) bond motifs is 1. The van der Waals surface area contributed by atoms with Crippen LogP contribution in [-0.2, 0) is 30.3 Å². The van der Waals surface area contributed by atoms with Crippen molar-refractivity contribution in [2.75, 3.05) is 12.8 Å². The van der Waals surface area contributed by atoms with Crippen LogP contribution in [0.1, 0.15) is 20.1 Å². The van der Waals surface area contributed by atoms with Crippen LogP contribution in [0.5, 0.6) is 5.88 Å². The zero-order chi connectivity index (χ0) is 28.0. The zero-order valence-corrected chi connectivity index (χ0v) is 19.0. The minimum Gasteiger partial charge on any atom is -0.479 e. The predicted molar refractivity (Wildman–Crippen MR) is 105 cm³/mol. The van der Waals surface area contributed by atoms with Gasteiger partial charge in [0.1, 0.15) is 12.6 Å². The van der Waals surface area contributed by atoms with Crippen LogP contribution in [0.3, 0.4) is 0 Å². The second-order valence-corrected chi connectivity index (χ2v) is 7.70. The number of imidazole rings is 1. The molecular formula is C18H18F7N5O7. The predicted octanol–water partition coefficient (Wildman–Crippen LogP) is 1.41. The average molecular weight is 549 g/mol. The molecule has 2 aromatic heterocycles. The molecule has 12 nitrogen and oxygen atoms in total. The van der Waals surface area contributed by atoms with Gasteiger partial charge >= 0.3 is 30.0 Å². The van der Waals surface area contributed by atoms with Crippen molar-refractivity contribution < 1.29 is 59.3 Å². The van der Waals surface area contributed by atoms with Crippen LogP contribution in [0.2, 0.25) is 0 Å². The molecule has 0 aliphatic carbocycles. The van der Waals surface area contributed by atoms with Gasteiger partial charge < -0.3 is 24.7 Å². The summed E-state index contributed by atoms with van der Waals surface area (Å²) in [5, 5.41) is 0. The van der Waals surface area contributed by atoms with Gasteiger partial charge in [-0.25, -0.2) is 13.8 Å². The lowest BCUT2D eigenvalue weighted by atomic mass is 10.1. The minimum atomic E-state index is -5.40. The number of nitrogen functional groups attached to an aromatic ring is 1. The Morgan fingerprint density at radius 1 is 1.14 bits per heavy atom. The number of esters is 2. The highest BCUT2D eigenvalue weighted by molar-refractivity contribution is 5.78. The monoisotopic (exact) mass is 549 g/mol. The van der Waals surface area contributed by atoms with Crippen LogP contribution >= 0.6 is 0 Å². The van der Waals surface area contributed by atoms with Crippen molar-refractivity contribution in [1.82, 2.24) is 19.1 Å². The standard InChI is InChI=1S/C18H18F7N5O7/c1-5(31)35-10-7(19)9(11(18(23,24)25)36-6(2)32)37-14(10)30-12-8(13(34-3)28-15(26)27-12)29(16(30)33)4-17(20,21)22/h7,9-11,14H,4H2,1-3H3,(H2,26,27,28)/t7-,9-,10+,11+,14+/m0/s1. The molecule has 19 heteroatoms. The summed E-state index contributed by atoms with van der Waals surface area (Å²) >= 11 is 0. The van der Waals surface area contributed by atoms with E-state index < -0.39 is 90.2 Å². The van der Waals surface area contributed by atoms with Crippen LogP contribution in [0.4, 0.5) is 36.7 Å². The number of carbonyl (C=O) groups excluding carboxylic acids is 2. The van der Waals surface area contributed by atoms with Crippen molar-refractivity contribution in [2.45, 2.75) is 63.5 Å². The van der Waals surface area contributed by atoms with E-state index >= 15 is 4.39 Å². The van der Waals surface area contributed by atoms with E-state index in [0.29, 0.717) is 6.92 Å². The fraction of sp³-hybridized carbons (Fsp3) is 0.611. The first-order chi connectivity index (χ1) is 17.0. The number of rotatable bonds is 6. The van der Waals surface area contributed by atoms with Gasteiger partial charge in [-0.3, -0.25) is 14.2 Å². The van der Waals surface area contributed by atoms with E-state index in [-0.39, 0.29) is 9.13 Å². The zero-order valence-electron chi connectivity index (χ0n) is 19.0. The molecule has 2 aromatic rings. The Bertz CT molecular complexity index is 1260. The summed E-state index contributed by atoms with van der Waals surface area (Å²) in [4.78, 5) is 43.2. The van der Waals surface area contributed by atoms with Crippen LogP contribution in [0.25, 0.3) is 11.2 Å². The van der Waals surface area contributed by atoms with E-state index in [1.807, 2.05) is 0 Å². The molecule has 0 spiro atoms. The Labute approximate surface area is 201 Å². The number of carbonyl (C=O) groups is 2. The van der Waals surface area contributed by atoms with E-state index in [4.69, 9.17) is 19.9 Å². The number of halogens is 7. The Morgan fingerprint density at radius 2 is 1.76 bits per heavy atom. The third-order valence-electron chi connectivity index (χ3n) is 4.99. The first-order valence-electron chi connectivity index (χ1n) is 10.1. The maximum absolute atomic E-state index is 15.3. The number of nitrogens with zero attached hydrogens (tertiary/aromatic N) is 4. The maximum atomic E-state index is 15.3. The van der Waals surface area contributed by atoms with Crippen molar-refractivity contribution in [3.63, 3.8) is 0 Å². The van der Waals surface area contributed by atoms with Gasteiger partial charge in [-0.15, -0.1) is 0 Å². The Kier molecular flexibility index (Phi) is 7.30. The average Bonchev–Trinajstić information content (AvgIpc) is 3.17. The van der Waals surface area contributed by atoms with E-state index in [2.05, 4.69) is 14.7 Å². The van der Waals surface area contributed by atoms with E-state index in [1.54, 1.807) is 0 Å². The molecule has 1 aliphatic rings. The number of hydrogen-bond donors (Lipinski definition) is 1. The molecule has 2 N–H and O–H groups in total. The highest BCUT2D eigenvalue weighted by Gasteiger charge is 2.60. The Morgan fingerprint density at radius 3 is 2.24 bits per heavy atom. The first-order valence-corrected chi connectivity index (χ1v) is 10.1. The van der Waals surface area contributed by atoms with Crippen molar-refractivity contribution >= 4 is 29.1 Å². The summed E-state index contributed by atoms with van der Waals surface area (Å²) in [5.74, 6) is -4.00. The number of hydrogen-bond acceptors (Lipinski definition) is 10. The molecule has 37 heavy (non-hydrogen) atoms. The number of ether oxygens (including phenoxy) is 4. The van der Waals surface area contributed by atoms with Gasteiger partial charge in [-0.1, -0.05) is 0 Å².